The number of carbonyl (C=O) groups is 2. The molecule has 0 unspecified atom stereocenters. The maximum absolute atomic E-state index is 11.6. The molecular weight excluding hydrogens is 306 g/mol. The maximum Gasteiger partial charge on any atom is 0.163 e. The van der Waals surface area contributed by atoms with Gasteiger partial charge in [-0.3, -0.25) is 14.6 Å². The number of ether oxygens (including phenoxy) is 2. The van der Waals surface area contributed by atoms with E-state index in [2.05, 4.69) is 4.98 Å². The molecule has 0 amide bonds. The predicted octanol–water partition coefficient (Wildman–Crippen LogP) is 3.23. The zero-order valence-electron chi connectivity index (χ0n) is 13.7. The molecule has 0 aliphatic carbocycles. The Balaban J connectivity index is 2.05. The van der Waals surface area contributed by atoms with Gasteiger partial charge in [0.05, 0.1) is 13.5 Å². The van der Waals surface area contributed by atoms with Crippen LogP contribution in [-0.4, -0.2) is 23.7 Å². The fourth-order valence-corrected chi connectivity index (χ4v) is 2.05. The van der Waals surface area contributed by atoms with Crippen LogP contribution in [0.4, 0.5) is 0 Å². The smallest absolute Gasteiger partial charge is 0.163 e. The molecule has 1 aromatic carbocycles. The Morgan fingerprint density at radius 1 is 1.17 bits per heavy atom. The molecule has 0 spiro atoms. The minimum Gasteiger partial charge on any atom is -0.496 e. The molecule has 5 nitrogen and oxygen atoms in total. The first-order valence-corrected chi connectivity index (χ1v) is 7.48. The van der Waals surface area contributed by atoms with Crippen LogP contribution in [0.5, 0.6) is 11.5 Å². The van der Waals surface area contributed by atoms with E-state index in [1.807, 2.05) is 12.1 Å². The van der Waals surface area contributed by atoms with Gasteiger partial charge in [-0.2, -0.15) is 0 Å². The molecule has 2 rings (SSSR count). The van der Waals surface area contributed by atoms with Crippen LogP contribution >= 0.6 is 0 Å². The highest BCUT2D eigenvalue weighted by molar-refractivity contribution is 6.05. The fraction of sp³-hybridized carbons (Fsp3) is 0.211. The van der Waals surface area contributed by atoms with Crippen LogP contribution in [0.25, 0.3) is 6.08 Å². The third-order valence-electron chi connectivity index (χ3n) is 3.23. The molecule has 124 valence electrons. The van der Waals surface area contributed by atoms with E-state index in [1.54, 1.807) is 43.8 Å². The van der Waals surface area contributed by atoms with Crippen molar-refractivity contribution in [3.05, 3.63) is 59.9 Å². The van der Waals surface area contributed by atoms with Gasteiger partial charge in [-0.05, 0) is 48.9 Å². The number of nitrogens with zero attached hydrogens (tertiary/aromatic N) is 1. The van der Waals surface area contributed by atoms with Gasteiger partial charge in [0.25, 0.3) is 0 Å². The molecular formula is C19H19NO4. The van der Waals surface area contributed by atoms with E-state index < -0.39 is 0 Å². The Morgan fingerprint density at radius 2 is 1.92 bits per heavy atom. The predicted molar refractivity (Wildman–Crippen MR) is 90.9 cm³/mol. The third-order valence-corrected chi connectivity index (χ3v) is 3.23. The molecule has 2 aromatic rings. The maximum atomic E-state index is 11.6. The molecule has 0 N–H and O–H groups in total. The summed E-state index contributed by atoms with van der Waals surface area (Å²) in [5, 5.41) is 0. The summed E-state index contributed by atoms with van der Waals surface area (Å²) in [4.78, 5) is 26.5. The molecule has 0 atom stereocenters. The Labute approximate surface area is 140 Å². The summed E-state index contributed by atoms with van der Waals surface area (Å²) in [5.74, 6) is 0.865. The molecule has 0 saturated heterocycles. The van der Waals surface area contributed by atoms with E-state index in [0.717, 1.165) is 11.1 Å². The molecule has 0 bridgehead atoms. The van der Waals surface area contributed by atoms with Crippen LogP contribution in [0.2, 0.25) is 0 Å². The van der Waals surface area contributed by atoms with Crippen LogP contribution in [0, 0.1) is 0 Å². The van der Waals surface area contributed by atoms with Crippen molar-refractivity contribution in [2.75, 3.05) is 7.11 Å². The minimum atomic E-state index is -0.234. The van der Waals surface area contributed by atoms with Crippen molar-refractivity contribution >= 4 is 17.6 Å². The third kappa shape index (κ3) is 5.35. The standard InChI is InChI=1S/C19H19NO4/c1-14(21)11-17(22)5-3-16-4-6-18(12-19(16)23-2)24-13-15-7-9-20-10-8-15/h3-10,12H,11,13H2,1-2H3/b5-3+. The Morgan fingerprint density at radius 3 is 2.58 bits per heavy atom. The largest absolute Gasteiger partial charge is 0.496 e. The molecule has 0 saturated carbocycles. The van der Waals surface area contributed by atoms with Gasteiger partial charge >= 0.3 is 0 Å². The van der Waals surface area contributed by atoms with Gasteiger partial charge in [-0.15, -0.1) is 0 Å². The first kappa shape index (κ1) is 17.4. The second-order valence-corrected chi connectivity index (χ2v) is 5.23. The molecule has 24 heavy (non-hydrogen) atoms. The summed E-state index contributed by atoms with van der Waals surface area (Å²) in [5.41, 5.74) is 1.76. The van der Waals surface area contributed by atoms with Crippen molar-refractivity contribution in [2.45, 2.75) is 20.0 Å². The summed E-state index contributed by atoms with van der Waals surface area (Å²) in [6.45, 7) is 1.82. The van der Waals surface area contributed by atoms with Crippen LogP contribution in [0.3, 0.4) is 0 Å². The van der Waals surface area contributed by atoms with Crippen molar-refractivity contribution in [1.29, 1.82) is 0 Å². The number of ketones is 2. The highest BCUT2D eigenvalue weighted by Crippen LogP contribution is 2.26. The average Bonchev–Trinajstić information content (AvgIpc) is 2.58. The van der Waals surface area contributed by atoms with Gasteiger partial charge in [0, 0.05) is 24.0 Å². The highest BCUT2D eigenvalue weighted by atomic mass is 16.5. The van der Waals surface area contributed by atoms with E-state index in [1.165, 1.54) is 13.0 Å². The lowest BCUT2D eigenvalue weighted by atomic mass is 10.1. The van der Waals surface area contributed by atoms with Crippen molar-refractivity contribution in [3.8, 4) is 11.5 Å². The van der Waals surface area contributed by atoms with E-state index in [9.17, 15) is 9.59 Å². The Kier molecular flexibility index (Phi) is 6.25. The molecule has 0 radical (unpaired) electrons. The van der Waals surface area contributed by atoms with Gasteiger partial charge in [0.1, 0.15) is 23.9 Å². The van der Waals surface area contributed by atoms with Crippen LogP contribution in [0.1, 0.15) is 24.5 Å². The highest BCUT2D eigenvalue weighted by Gasteiger charge is 2.05. The lowest BCUT2D eigenvalue weighted by Crippen LogP contribution is -2.00. The van der Waals surface area contributed by atoms with E-state index in [-0.39, 0.29) is 18.0 Å². The van der Waals surface area contributed by atoms with Crippen molar-refractivity contribution in [1.82, 2.24) is 4.98 Å². The van der Waals surface area contributed by atoms with Crippen molar-refractivity contribution in [2.24, 2.45) is 0 Å². The van der Waals surface area contributed by atoms with E-state index >= 15 is 0 Å². The number of methoxy groups -OCH3 is 1. The Bertz CT molecular complexity index is 738. The summed E-state index contributed by atoms with van der Waals surface area (Å²) in [6, 6.07) is 9.14. The Hall–Kier alpha value is -2.95. The number of pyridine rings is 1. The summed E-state index contributed by atoms with van der Waals surface area (Å²) in [7, 11) is 1.55. The average molecular weight is 325 g/mol. The van der Waals surface area contributed by atoms with Gasteiger partial charge in [-0.1, -0.05) is 0 Å². The number of benzene rings is 1. The first-order chi connectivity index (χ1) is 11.6. The van der Waals surface area contributed by atoms with Gasteiger partial charge in [0.2, 0.25) is 0 Å². The zero-order valence-corrected chi connectivity index (χ0v) is 13.7. The first-order valence-electron chi connectivity index (χ1n) is 7.48. The molecule has 5 heteroatoms. The van der Waals surface area contributed by atoms with Crippen LogP contribution in [-0.2, 0) is 16.2 Å². The number of allylic oxidation sites excluding steroid dienone is 1. The second kappa shape index (κ2) is 8.62. The summed E-state index contributed by atoms with van der Waals surface area (Å²) in [6.07, 6.45) is 6.36. The number of rotatable bonds is 8. The zero-order chi connectivity index (χ0) is 17.4. The van der Waals surface area contributed by atoms with Crippen LogP contribution in [0.15, 0.2) is 48.8 Å². The van der Waals surface area contributed by atoms with Crippen molar-refractivity contribution < 1.29 is 19.1 Å². The topological polar surface area (TPSA) is 65.5 Å². The summed E-state index contributed by atoms with van der Waals surface area (Å²) >= 11 is 0. The van der Waals surface area contributed by atoms with Gasteiger partial charge in [-0.25, -0.2) is 0 Å². The molecule has 0 fully saturated rings. The SMILES string of the molecule is COc1cc(OCc2ccncc2)ccc1/C=C/C(=O)CC(C)=O. The van der Waals surface area contributed by atoms with E-state index in [0.29, 0.717) is 18.1 Å². The number of Topliss-reactive ketones (excluding diaryl/α,β-unsaturated/α-hetero) is 1. The number of carbonyl (C=O) groups excluding carboxylic acids is 2. The molecule has 0 aliphatic heterocycles. The molecule has 1 heterocycles. The number of hydrogen-bond donors (Lipinski definition) is 0. The fourth-order valence-electron chi connectivity index (χ4n) is 2.05. The van der Waals surface area contributed by atoms with Crippen molar-refractivity contribution in [3.63, 3.8) is 0 Å². The number of aromatic nitrogens is 1. The molecule has 0 aliphatic rings. The van der Waals surface area contributed by atoms with Gasteiger partial charge in [0.15, 0.2) is 5.78 Å². The quantitative estimate of drug-likeness (QED) is 0.551. The minimum absolute atomic E-state index is 0.0913. The summed E-state index contributed by atoms with van der Waals surface area (Å²) < 4.78 is 11.1. The van der Waals surface area contributed by atoms with Gasteiger partial charge < -0.3 is 9.47 Å². The second-order valence-electron chi connectivity index (χ2n) is 5.23. The lowest BCUT2D eigenvalue weighted by Gasteiger charge is -2.10. The van der Waals surface area contributed by atoms with E-state index in [4.69, 9.17) is 9.47 Å². The normalized spacial score (nSPS) is 10.6. The number of hydrogen-bond acceptors (Lipinski definition) is 5. The lowest BCUT2D eigenvalue weighted by molar-refractivity contribution is -0.123. The van der Waals surface area contributed by atoms with Crippen LogP contribution < -0.4 is 9.47 Å². The monoisotopic (exact) mass is 325 g/mol. The molecule has 1 aromatic heterocycles.